The van der Waals surface area contributed by atoms with Crippen LogP contribution in [0.4, 0.5) is 5.69 Å². The van der Waals surface area contributed by atoms with E-state index in [4.69, 9.17) is 14.5 Å². The summed E-state index contributed by atoms with van der Waals surface area (Å²) in [5, 5.41) is 3.54. The number of nitrogens with zero attached hydrogens (tertiary/aromatic N) is 3. The Morgan fingerprint density at radius 3 is 2.49 bits per heavy atom. The van der Waals surface area contributed by atoms with Gasteiger partial charge >= 0.3 is 0 Å². The molecule has 0 saturated carbocycles. The lowest BCUT2D eigenvalue weighted by Gasteiger charge is -2.39. The van der Waals surface area contributed by atoms with Crippen LogP contribution < -0.4 is 14.8 Å². The summed E-state index contributed by atoms with van der Waals surface area (Å²) in [5.74, 6) is 1.20. The van der Waals surface area contributed by atoms with E-state index in [1.807, 2.05) is 33.7 Å². The highest BCUT2D eigenvalue weighted by molar-refractivity contribution is 7.99. The van der Waals surface area contributed by atoms with E-state index in [9.17, 15) is 9.59 Å². The Hall–Kier alpha value is -3.20. The smallest absolute Gasteiger partial charge is 0.243 e. The highest BCUT2D eigenvalue weighted by Crippen LogP contribution is 2.30. The third-order valence-electron chi connectivity index (χ3n) is 6.39. The molecule has 0 radical (unpaired) electrons. The number of hydrogen-bond acceptors (Lipinski definition) is 6. The number of rotatable bonds is 8. The molecule has 0 aliphatic carbocycles. The van der Waals surface area contributed by atoms with Gasteiger partial charge in [0.1, 0.15) is 6.54 Å². The summed E-state index contributed by atoms with van der Waals surface area (Å²) in [6, 6.07) is 13.4. The standard InChI is InChI=1S/C26H32N4O4S/c1-17-8-7-9-18(2)30(17)25(32)15-29-21-11-6-5-10-20(21)28-26(29)35-16-24(31)27-19-12-13-22(33-3)23(14-19)34-4/h5-6,10-14,17-18H,7-9,15-16H2,1-4H3,(H,27,31)/t17-,18-/m1/s1. The molecule has 2 aromatic carbocycles. The molecule has 0 unspecified atom stereocenters. The second-order valence-corrected chi connectivity index (χ2v) is 9.75. The van der Waals surface area contributed by atoms with Crippen LogP contribution in [0, 0.1) is 0 Å². The van der Waals surface area contributed by atoms with Crippen molar-refractivity contribution in [3.63, 3.8) is 0 Å². The lowest BCUT2D eigenvalue weighted by Crippen LogP contribution is -2.48. The van der Waals surface area contributed by atoms with Crippen LogP contribution in [0.5, 0.6) is 11.5 Å². The van der Waals surface area contributed by atoms with E-state index in [-0.39, 0.29) is 36.2 Å². The number of para-hydroxylation sites is 2. The molecule has 9 heteroatoms. The molecular weight excluding hydrogens is 464 g/mol. The number of benzene rings is 2. The first-order chi connectivity index (χ1) is 16.9. The quantitative estimate of drug-likeness (QED) is 0.460. The predicted molar refractivity (Wildman–Crippen MR) is 138 cm³/mol. The average Bonchev–Trinajstić information content (AvgIpc) is 3.19. The molecule has 4 rings (SSSR count). The van der Waals surface area contributed by atoms with Crippen LogP contribution in [0.15, 0.2) is 47.6 Å². The molecule has 0 spiro atoms. The first kappa shape index (κ1) is 24.9. The summed E-state index contributed by atoms with van der Waals surface area (Å²) in [5.41, 5.74) is 2.31. The van der Waals surface area contributed by atoms with Crippen molar-refractivity contribution in [1.29, 1.82) is 0 Å². The van der Waals surface area contributed by atoms with Crippen LogP contribution in [0.1, 0.15) is 33.1 Å². The fraction of sp³-hybridized carbons (Fsp3) is 0.423. The van der Waals surface area contributed by atoms with Gasteiger partial charge in [-0.25, -0.2) is 4.98 Å². The van der Waals surface area contributed by atoms with Crippen molar-refractivity contribution >= 4 is 40.3 Å². The van der Waals surface area contributed by atoms with E-state index in [1.165, 1.54) is 11.8 Å². The monoisotopic (exact) mass is 496 g/mol. The molecule has 1 fully saturated rings. The van der Waals surface area contributed by atoms with Crippen LogP contribution in [0.2, 0.25) is 0 Å². The van der Waals surface area contributed by atoms with Gasteiger partial charge in [0, 0.05) is 23.8 Å². The van der Waals surface area contributed by atoms with Gasteiger partial charge in [0.25, 0.3) is 0 Å². The number of imidazole rings is 1. The maximum absolute atomic E-state index is 13.3. The Morgan fingerprint density at radius 2 is 1.77 bits per heavy atom. The van der Waals surface area contributed by atoms with Gasteiger partial charge < -0.3 is 24.3 Å². The number of anilines is 1. The normalized spacial score (nSPS) is 17.9. The molecule has 8 nitrogen and oxygen atoms in total. The third kappa shape index (κ3) is 5.56. The molecular formula is C26H32N4O4S. The topological polar surface area (TPSA) is 85.7 Å². The molecule has 1 saturated heterocycles. The van der Waals surface area contributed by atoms with E-state index < -0.39 is 0 Å². The van der Waals surface area contributed by atoms with Crippen molar-refractivity contribution in [2.24, 2.45) is 0 Å². The Bertz CT molecular complexity index is 1200. The lowest BCUT2D eigenvalue weighted by atomic mass is 9.97. The van der Waals surface area contributed by atoms with Crippen molar-refractivity contribution < 1.29 is 19.1 Å². The number of methoxy groups -OCH3 is 2. The largest absolute Gasteiger partial charge is 0.493 e. The number of likely N-dealkylation sites (tertiary alicyclic amines) is 1. The second kappa shape index (κ2) is 11.0. The van der Waals surface area contributed by atoms with E-state index in [1.54, 1.807) is 32.4 Å². The number of nitrogens with one attached hydrogen (secondary N) is 1. The minimum atomic E-state index is -0.176. The number of hydrogen-bond donors (Lipinski definition) is 1. The summed E-state index contributed by atoms with van der Waals surface area (Å²) in [7, 11) is 3.12. The zero-order chi connectivity index (χ0) is 24.9. The minimum absolute atomic E-state index is 0.0875. The van der Waals surface area contributed by atoms with Gasteiger partial charge in [-0.2, -0.15) is 0 Å². The highest BCUT2D eigenvalue weighted by Gasteiger charge is 2.29. The van der Waals surface area contributed by atoms with Crippen LogP contribution in [0.3, 0.4) is 0 Å². The predicted octanol–water partition coefficient (Wildman–Crippen LogP) is 4.57. The number of fused-ring (bicyclic) bond motifs is 1. The fourth-order valence-electron chi connectivity index (χ4n) is 4.69. The average molecular weight is 497 g/mol. The van der Waals surface area contributed by atoms with Crippen LogP contribution in [0.25, 0.3) is 11.0 Å². The van der Waals surface area contributed by atoms with Gasteiger partial charge in [-0.05, 0) is 57.4 Å². The van der Waals surface area contributed by atoms with Gasteiger partial charge in [-0.15, -0.1) is 0 Å². The number of ether oxygens (including phenoxy) is 2. The molecule has 2 atom stereocenters. The van der Waals surface area contributed by atoms with Crippen molar-refractivity contribution in [3.05, 3.63) is 42.5 Å². The molecule has 3 aromatic rings. The van der Waals surface area contributed by atoms with Crippen molar-refractivity contribution in [2.45, 2.75) is 56.9 Å². The summed E-state index contributed by atoms with van der Waals surface area (Å²) >= 11 is 1.32. The number of thioether (sulfide) groups is 1. The third-order valence-corrected chi connectivity index (χ3v) is 7.37. The van der Waals surface area contributed by atoms with Crippen molar-refractivity contribution in [1.82, 2.24) is 14.5 Å². The van der Waals surface area contributed by atoms with Crippen LogP contribution >= 0.6 is 11.8 Å². The van der Waals surface area contributed by atoms with Crippen LogP contribution in [-0.4, -0.2) is 58.3 Å². The maximum atomic E-state index is 13.3. The first-order valence-electron chi connectivity index (χ1n) is 11.8. The van der Waals surface area contributed by atoms with E-state index in [2.05, 4.69) is 19.2 Å². The Balaban J connectivity index is 1.49. The minimum Gasteiger partial charge on any atom is -0.493 e. The van der Waals surface area contributed by atoms with E-state index in [0.717, 1.165) is 30.3 Å². The SMILES string of the molecule is COc1ccc(NC(=O)CSc2nc3ccccc3n2CC(=O)N2[C@H](C)CCC[C@H]2C)cc1OC. The Labute approximate surface area is 210 Å². The maximum Gasteiger partial charge on any atom is 0.243 e. The van der Waals surface area contributed by atoms with Crippen molar-refractivity contribution in [2.75, 3.05) is 25.3 Å². The molecule has 1 aliphatic rings. The molecule has 1 N–H and O–H groups in total. The summed E-state index contributed by atoms with van der Waals surface area (Å²) in [6.07, 6.45) is 3.20. The molecule has 1 aromatic heterocycles. The molecule has 1 aliphatic heterocycles. The van der Waals surface area contributed by atoms with Gasteiger partial charge in [0.15, 0.2) is 16.7 Å². The summed E-state index contributed by atoms with van der Waals surface area (Å²) in [4.78, 5) is 32.8. The number of carbonyl (C=O) groups excluding carboxylic acids is 2. The summed E-state index contributed by atoms with van der Waals surface area (Å²) in [6.45, 7) is 4.44. The molecule has 0 bridgehead atoms. The molecule has 2 amide bonds. The van der Waals surface area contributed by atoms with E-state index >= 15 is 0 Å². The molecule has 186 valence electrons. The first-order valence-corrected chi connectivity index (χ1v) is 12.8. The zero-order valence-electron chi connectivity index (χ0n) is 20.6. The number of aromatic nitrogens is 2. The lowest BCUT2D eigenvalue weighted by molar-refractivity contribution is -0.138. The van der Waals surface area contributed by atoms with Crippen LogP contribution in [-0.2, 0) is 16.1 Å². The highest BCUT2D eigenvalue weighted by atomic mass is 32.2. The molecule has 2 heterocycles. The second-order valence-electron chi connectivity index (χ2n) is 8.81. The Kier molecular flexibility index (Phi) is 7.85. The van der Waals surface area contributed by atoms with Crippen molar-refractivity contribution in [3.8, 4) is 11.5 Å². The van der Waals surface area contributed by atoms with E-state index in [0.29, 0.717) is 22.3 Å². The number of piperidine rings is 1. The number of amides is 2. The van der Waals surface area contributed by atoms with Gasteiger partial charge in [0.05, 0.1) is 31.0 Å². The number of carbonyl (C=O) groups is 2. The Morgan fingerprint density at radius 1 is 1.06 bits per heavy atom. The fourth-order valence-corrected chi connectivity index (χ4v) is 5.50. The van der Waals surface area contributed by atoms with Gasteiger partial charge in [0.2, 0.25) is 11.8 Å². The van der Waals surface area contributed by atoms with Gasteiger partial charge in [-0.1, -0.05) is 23.9 Å². The van der Waals surface area contributed by atoms with Gasteiger partial charge in [-0.3, -0.25) is 9.59 Å². The molecule has 35 heavy (non-hydrogen) atoms. The zero-order valence-corrected chi connectivity index (χ0v) is 21.4. The summed E-state index contributed by atoms with van der Waals surface area (Å²) < 4.78 is 12.5.